The van der Waals surface area contributed by atoms with Gasteiger partial charge >= 0.3 is 5.97 Å². The van der Waals surface area contributed by atoms with Crippen molar-refractivity contribution in [2.24, 2.45) is 5.92 Å². The first kappa shape index (κ1) is 16.0. The van der Waals surface area contributed by atoms with Gasteiger partial charge < -0.3 is 10.1 Å². The van der Waals surface area contributed by atoms with Crippen LogP contribution in [0.25, 0.3) is 0 Å². The van der Waals surface area contributed by atoms with Crippen LogP contribution in [-0.2, 0) is 14.3 Å². The second-order valence-corrected chi connectivity index (χ2v) is 4.38. The summed E-state index contributed by atoms with van der Waals surface area (Å²) in [6.45, 7) is 3.56. The van der Waals surface area contributed by atoms with E-state index in [1.807, 2.05) is 19.1 Å². The molecule has 0 spiro atoms. The highest BCUT2D eigenvalue weighted by atomic mass is 32.1. The van der Waals surface area contributed by atoms with E-state index < -0.39 is 12.0 Å². The van der Waals surface area contributed by atoms with Crippen molar-refractivity contribution in [1.82, 2.24) is 5.32 Å². The van der Waals surface area contributed by atoms with E-state index in [1.54, 1.807) is 6.92 Å². The smallest absolute Gasteiger partial charge is 0.328 e. The molecule has 0 saturated carbocycles. The van der Waals surface area contributed by atoms with Crippen molar-refractivity contribution in [2.45, 2.75) is 32.7 Å². The molecule has 0 saturated heterocycles. The number of allylic oxidation sites excluding steroid dienone is 2. The Morgan fingerprint density at radius 3 is 2.59 bits per heavy atom. The Kier molecular flexibility index (Phi) is 8.58. The Bertz CT molecular complexity index is 279. The molecule has 1 N–H and O–H groups in total. The summed E-state index contributed by atoms with van der Waals surface area (Å²) < 4.78 is 4.52. The van der Waals surface area contributed by atoms with E-state index in [0.717, 1.165) is 12.2 Å². The number of ether oxygens (including phenoxy) is 1. The summed E-state index contributed by atoms with van der Waals surface area (Å²) in [5.74, 6) is 0.372. The Morgan fingerprint density at radius 2 is 2.06 bits per heavy atom. The number of hydrogen-bond donors (Lipinski definition) is 2. The number of esters is 1. The van der Waals surface area contributed by atoms with Crippen LogP contribution >= 0.6 is 12.6 Å². The van der Waals surface area contributed by atoms with Crippen LogP contribution in [0.2, 0.25) is 0 Å². The summed E-state index contributed by atoms with van der Waals surface area (Å²) in [5.41, 5.74) is 0. The number of amides is 1. The van der Waals surface area contributed by atoms with Crippen LogP contribution in [0.4, 0.5) is 0 Å². The highest BCUT2D eigenvalue weighted by Gasteiger charge is 2.16. The molecule has 4 nitrogen and oxygen atoms in total. The average molecular weight is 259 g/mol. The fourth-order valence-corrected chi connectivity index (χ4v) is 1.45. The van der Waals surface area contributed by atoms with Gasteiger partial charge in [0.2, 0.25) is 5.91 Å². The molecular weight excluding hydrogens is 238 g/mol. The minimum atomic E-state index is -0.596. The third kappa shape index (κ3) is 7.85. The van der Waals surface area contributed by atoms with Crippen molar-refractivity contribution in [3.05, 3.63) is 12.2 Å². The van der Waals surface area contributed by atoms with Crippen LogP contribution in [-0.4, -0.2) is 30.8 Å². The second kappa shape index (κ2) is 9.10. The van der Waals surface area contributed by atoms with Crippen molar-refractivity contribution in [3.63, 3.8) is 0 Å². The van der Waals surface area contributed by atoms with Crippen molar-refractivity contribution in [2.75, 3.05) is 12.9 Å². The van der Waals surface area contributed by atoms with Gasteiger partial charge in [0.25, 0.3) is 0 Å². The first-order valence-corrected chi connectivity index (χ1v) is 6.29. The van der Waals surface area contributed by atoms with E-state index in [4.69, 9.17) is 0 Å². The maximum atomic E-state index is 11.5. The topological polar surface area (TPSA) is 55.4 Å². The Hall–Kier alpha value is -0.970. The molecule has 1 amide bonds. The normalized spacial score (nSPS) is 14.4. The maximum Gasteiger partial charge on any atom is 0.328 e. The van der Waals surface area contributed by atoms with Gasteiger partial charge in [-0.2, -0.15) is 12.6 Å². The molecule has 0 radical (unpaired) electrons. The molecule has 0 heterocycles. The van der Waals surface area contributed by atoms with Crippen molar-refractivity contribution in [1.29, 1.82) is 0 Å². The summed E-state index contributed by atoms with van der Waals surface area (Å²) in [4.78, 5) is 22.6. The first-order chi connectivity index (χ1) is 8.01. The van der Waals surface area contributed by atoms with Gasteiger partial charge in [-0.3, -0.25) is 4.79 Å². The quantitative estimate of drug-likeness (QED) is 0.414. The molecule has 0 aliphatic heterocycles. The average Bonchev–Trinajstić information content (AvgIpc) is 2.27. The zero-order chi connectivity index (χ0) is 13.3. The Labute approximate surface area is 108 Å². The largest absolute Gasteiger partial charge is 0.467 e. The predicted molar refractivity (Wildman–Crippen MR) is 71.0 cm³/mol. The number of hydrogen-bond acceptors (Lipinski definition) is 4. The van der Waals surface area contributed by atoms with Crippen molar-refractivity contribution < 1.29 is 14.3 Å². The number of carbonyl (C=O) groups excluding carboxylic acids is 2. The number of methoxy groups -OCH3 is 1. The summed E-state index contributed by atoms with van der Waals surface area (Å²) in [6.07, 6.45) is 5.26. The Balaban J connectivity index is 3.96. The minimum Gasteiger partial charge on any atom is -0.467 e. The molecule has 0 aromatic rings. The molecule has 98 valence electrons. The lowest BCUT2D eigenvalue weighted by Gasteiger charge is -2.12. The van der Waals surface area contributed by atoms with Gasteiger partial charge in [0.1, 0.15) is 6.04 Å². The fraction of sp³-hybridized carbons (Fsp3) is 0.667. The van der Waals surface area contributed by atoms with Gasteiger partial charge in [-0.1, -0.05) is 19.1 Å². The molecule has 0 aliphatic rings. The fourth-order valence-electron chi connectivity index (χ4n) is 1.30. The zero-order valence-electron chi connectivity index (χ0n) is 10.6. The number of thiol groups is 1. The molecule has 0 aromatic carbocycles. The summed E-state index contributed by atoms with van der Waals surface area (Å²) in [7, 11) is 1.30. The van der Waals surface area contributed by atoms with Crippen LogP contribution in [0.15, 0.2) is 12.2 Å². The van der Waals surface area contributed by atoms with Gasteiger partial charge in [-0.15, -0.1) is 0 Å². The third-order valence-corrected chi connectivity index (χ3v) is 2.46. The first-order valence-electron chi connectivity index (χ1n) is 5.66. The van der Waals surface area contributed by atoms with E-state index in [0.29, 0.717) is 6.42 Å². The highest BCUT2D eigenvalue weighted by molar-refractivity contribution is 7.80. The van der Waals surface area contributed by atoms with Crippen LogP contribution in [0.3, 0.4) is 0 Å². The van der Waals surface area contributed by atoms with Gasteiger partial charge in [0, 0.05) is 6.42 Å². The van der Waals surface area contributed by atoms with E-state index in [2.05, 4.69) is 22.7 Å². The Morgan fingerprint density at radius 1 is 1.41 bits per heavy atom. The van der Waals surface area contributed by atoms with Crippen LogP contribution < -0.4 is 5.32 Å². The number of rotatable bonds is 7. The second-order valence-electron chi connectivity index (χ2n) is 3.93. The monoisotopic (exact) mass is 259 g/mol. The highest BCUT2D eigenvalue weighted by Crippen LogP contribution is 2.05. The van der Waals surface area contributed by atoms with Gasteiger partial charge in [0.05, 0.1) is 7.11 Å². The van der Waals surface area contributed by atoms with Crippen LogP contribution in [0.5, 0.6) is 0 Å². The summed E-state index contributed by atoms with van der Waals surface area (Å²) >= 11 is 4.09. The lowest BCUT2D eigenvalue weighted by molar-refractivity contribution is -0.144. The van der Waals surface area contributed by atoms with Crippen molar-refractivity contribution in [3.8, 4) is 0 Å². The van der Waals surface area contributed by atoms with Gasteiger partial charge in [-0.25, -0.2) is 4.79 Å². The molecular formula is C12H21NO3S. The van der Waals surface area contributed by atoms with E-state index in [9.17, 15) is 9.59 Å². The predicted octanol–water partition coefficient (Wildman–Crippen LogP) is 1.57. The van der Waals surface area contributed by atoms with Crippen molar-refractivity contribution >= 4 is 24.5 Å². The molecule has 5 heteroatoms. The molecule has 2 atom stereocenters. The molecule has 2 unspecified atom stereocenters. The SMILES string of the molecule is COC(=O)C(C)NC(=O)CC(C)/C=C/CCS. The van der Waals surface area contributed by atoms with E-state index in [-0.39, 0.29) is 11.8 Å². The molecule has 17 heavy (non-hydrogen) atoms. The summed E-state index contributed by atoms with van der Waals surface area (Å²) in [6, 6.07) is -0.596. The molecule has 0 aromatic heterocycles. The van der Waals surface area contributed by atoms with E-state index >= 15 is 0 Å². The third-order valence-electron chi connectivity index (χ3n) is 2.20. The molecule has 0 rings (SSSR count). The molecule has 0 fully saturated rings. The lowest BCUT2D eigenvalue weighted by Crippen LogP contribution is -2.39. The van der Waals surface area contributed by atoms with Gasteiger partial charge in [0.15, 0.2) is 0 Å². The maximum absolute atomic E-state index is 11.5. The summed E-state index contributed by atoms with van der Waals surface area (Å²) in [5, 5.41) is 2.59. The van der Waals surface area contributed by atoms with Crippen LogP contribution in [0.1, 0.15) is 26.7 Å². The zero-order valence-corrected chi connectivity index (χ0v) is 11.5. The lowest BCUT2D eigenvalue weighted by atomic mass is 10.1. The van der Waals surface area contributed by atoms with Gasteiger partial charge in [-0.05, 0) is 25.0 Å². The van der Waals surface area contributed by atoms with E-state index in [1.165, 1.54) is 7.11 Å². The number of carbonyl (C=O) groups is 2. The number of nitrogens with one attached hydrogen (secondary N) is 1. The molecule has 0 bridgehead atoms. The minimum absolute atomic E-state index is 0.147. The van der Waals surface area contributed by atoms with Crippen LogP contribution in [0, 0.1) is 5.92 Å². The molecule has 0 aliphatic carbocycles. The standard InChI is InChI=1S/C12H21NO3S/c1-9(6-4-5-7-17)8-11(14)13-10(2)12(15)16-3/h4,6,9-10,17H,5,7-8H2,1-3H3,(H,13,14)/b6-4+.